The largest absolute Gasteiger partial charge is 0.508 e. The van der Waals surface area contributed by atoms with Gasteiger partial charge in [0, 0.05) is 31.6 Å². The third-order valence-electron chi connectivity index (χ3n) is 7.53. The first-order valence-electron chi connectivity index (χ1n) is 11.0. The first-order valence-corrected chi connectivity index (χ1v) is 11.0. The molecule has 3 aliphatic rings. The predicted molar refractivity (Wildman–Crippen MR) is 114 cm³/mol. The number of benzene rings is 2. The quantitative estimate of drug-likeness (QED) is 0.824. The Kier molecular flexibility index (Phi) is 4.83. The van der Waals surface area contributed by atoms with Crippen molar-refractivity contribution >= 4 is 5.91 Å². The molecule has 2 aromatic carbocycles. The number of hydrogen-bond acceptors (Lipinski definition) is 3. The molecule has 2 aliphatic heterocycles. The van der Waals surface area contributed by atoms with Gasteiger partial charge in [-0.15, -0.1) is 0 Å². The lowest BCUT2D eigenvalue weighted by Crippen LogP contribution is -2.49. The van der Waals surface area contributed by atoms with E-state index in [1.807, 2.05) is 6.07 Å². The fraction of sp³-hybridized carbons (Fsp3) is 0.480. The Balaban J connectivity index is 1.35. The fourth-order valence-electron chi connectivity index (χ4n) is 6.01. The second-order valence-corrected chi connectivity index (χ2v) is 9.04. The Hall–Kier alpha value is -2.33. The van der Waals surface area contributed by atoms with Crippen LogP contribution in [0, 0.1) is 5.92 Å². The zero-order valence-corrected chi connectivity index (χ0v) is 16.9. The topological polar surface area (TPSA) is 52.6 Å². The van der Waals surface area contributed by atoms with Crippen LogP contribution in [0.5, 0.6) is 5.75 Å². The van der Waals surface area contributed by atoms with Gasteiger partial charge in [-0.25, -0.2) is 0 Å². The summed E-state index contributed by atoms with van der Waals surface area (Å²) in [7, 11) is 0. The van der Waals surface area contributed by atoms with Crippen LogP contribution in [0.2, 0.25) is 0 Å². The van der Waals surface area contributed by atoms with Crippen molar-refractivity contribution < 1.29 is 9.90 Å². The summed E-state index contributed by atoms with van der Waals surface area (Å²) in [5.74, 6) is 1.22. The Morgan fingerprint density at radius 1 is 1.10 bits per heavy atom. The lowest BCUT2D eigenvalue weighted by molar-refractivity contribution is -0.138. The summed E-state index contributed by atoms with van der Waals surface area (Å²) >= 11 is 0. The van der Waals surface area contributed by atoms with E-state index in [-0.39, 0.29) is 11.3 Å². The Morgan fingerprint density at radius 3 is 2.69 bits per heavy atom. The first kappa shape index (κ1) is 18.7. The molecule has 0 radical (unpaired) electrons. The summed E-state index contributed by atoms with van der Waals surface area (Å²) in [5.41, 5.74) is 3.79. The minimum Gasteiger partial charge on any atom is -0.508 e. The van der Waals surface area contributed by atoms with Crippen LogP contribution in [0.3, 0.4) is 0 Å². The van der Waals surface area contributed by atoms with Crippen molar-refractivity contribution in [2.75, 3.05) is 26.2 Å². The Bertz CT molecular complexity index is 889. The van der Waals surface area contributed by atoms with Gasteiger partial charge in [-0.2, -0.15) is 0 Å². The van der Waals surface area contributed by atoms with Crippen molar-refractivity contribution in [1.29, 1.82) is 0 Å². The molecule has 2 N–H and O–H groups in total. The van der Waals surface area contributed by atoms with Crippen LogP contribution in [0.25, 0.3) is 0 Å². The number of rotatable bonds is 2. The molecule has 1 aliphatic carbocycles. The number of carbonyl (C=O) groups is 1. The molecular weight excluding hydrogens is 360 g/mol. The van der Waals surface area contributed by atoms with Gasteiger partial charge in [0.2, 0.25) is 5.91 Å². The van der Waals surface area contributed by atoms with E-state index in [0.29, 0.717) is 17.6 Å². The molecule has 152 valence electrons. The van der Waals surface area contributed by atoms with E-state index in [9.17, 15) is 9.90 Å². The first-order chi connectivity index (χ1) is 14.2. The fourth-order valence-corrected chi connectivity index (χ4v) is 6.01. The number of piperidine rings is 1. The second-order valence-electron chi connectivity index (χ2n) is 9.04. The predicted octanol–water partition coefficient (Wildman–Crippen LogP) is 3.59. The number of nitrogens with one attached hydrogen (secondary N) is 1. The van der Waals surface area contributed by atoms with E-state index >= 15 is 0 Å². The minimum absolute atomic E-state index is 0.000585. The normalized spacial score (nSPS) is 27.2. The molecule has 1 spiro atoms. The van der Waals surface area contributed by atoms with Crippen molar-refractivity contribution in [3.05, 3.63) is 65.2 Å². The zero-order valence-electron chi connectivity index (χ0n) is 16.9. The van der Waals surface area contributed by atoms with Gasteiger partial charge in [-0.3, -0.25) is 4.79 Å². The Morgan fingerprint density at radius 2 is 1.90 bits per heavy atom. The summed E-state index contributed by atoms with van der Waals surface area (Å²) < 4.78 is 0. The molecule has 2 heterocycles. The molecule has 29 heavy (non-hydrogen) atoms. The van der Waals surface area contributed by atoms with Gasteiger partial charge < -0.3 is 15.3 Å². The summed E-state index contributed by atoms with van der Waals surface area (Å²) in [6.07, 6.45) is 5.22. The van der Waals surface area contributed by atoms with Gasteiger partial charge in [-0.1, -0.05) is 36.4 Å². The Labute approximate surface area is 172 Å². The van der Waals surface area contributed by atoms with Crippen LogP contribution in [0.15, 0.2) is 48.5 Å². The van der Waals surface area contributed by atoms with E-state index < -0.39 is 0 Å². The number of carbonyl (C=O) groups excluding carboxylic acids is 1. The third kappa shape index (κ3) is 3.24. The van der Waals surface area contributed by atoms with E-state index in [2.05, 4.69) is 46.6 Å². The number of aryl methyl sites for hydroxylation is 1. The van der Waals surface area contributed by atoms with Crippen LogP contribution in [0.4, 0.5) is 0 Å². The van der Waals surface area contributed by atoms with Crippen molar-refractivity contribution in [1.82, 2.24) is 10.2 Å². The van der Waals surface area contributed by atoms with Crippen molar-refractivity contribution in [3.8, 4) is 5.75 Å². The van der Waals surface area contributed by atoms with Crippen molar-refractivity contribution in [2.24, 2.45) is 5.92 Å². The zero-order chi connectivity index (χ0) is 19.8. The lowest BCUT2D eigenvalue weighted by atomic mass is 9.64. The molecule has 0 unspecified atom stereocenters. The number of phenolic OH excluding ortho intramolecular Hbond substituents is 1. The molecule has 5 rings (SSSR count). The van der Waals surface area contributed by atoms with Gasteiger partial charge in [-0.05, 0) is 66.8 Å². The number of likely N-dealkylation sites (tertiary alicyclic amines) is 1. The molecule has 4 heteroatoms. The molecule has 2 aromatic rings. The monoisotopic (exact) mass is 390 g/mol. The molecule has 2 fully saturated rings. The molecule has 0 saturated carbocycles. The second kappa shape index (κ2) is 7.49. The summed E-state index contributed by atoms with van der Waals surface area (Å²) in [5, 5.41) is 13.5. The number of hydrogen-bond donors (Lipinski definition) is 2. The summed E-state index contributed by atoms with van der Waals surface area (Å²) in [6, 6.07) is 16.5. The molecule has 4 nitrogen and oxygen atoms in total. The minimum atomic E-state index is -0.116. The number of amides is 1. The van der Waals surface area contributed by atoms with Crippen LogP contribution < -0.4 is 5.32 Å². The van der Waals surface area contributed by atoms with E-state index in [1.54, 1.807) is 6.07 Å². The highest BCUT2D eigenvalue weighted by Crippen LogP contribution is 2.46. The van der Waals surface area contributed by atoms with Crippen LogP contribution in [-0.4, -0.2) is 42.1 Å². The molecule has 2 saturated heterocycles. The number of aromatic hydroxyl groups is 1. The standard InChI is InChI=1S/C25H30N2O2/c28-21-8-9-22-20(15-21)7-4-12-25(22)17-26-16-23(25)24(29)27-13-10-19(11-14-27)18-5-2-1-3-6-18/h1-3,5-6,8-9,15,19,23,26,28H,4,7,10-14,16-17H2/t23-,25-/m0/s1. The smallest absolute Gasteiger partial charge is 0.227 e. The van der Waals surface area contributed by atoms with Crippen LogP contribution in [0.1, 0.15) is 48.3 Å². The highest BCUT2D eigenvalue weighted by Gasteiger charge is 2.51. The SMILES string of the molecule is O=C([C@@H]1CNC[C@]12CCCc1cc(O)ccc12)N1CCC(c2ccccc2)CC1. The molecule has 0 bridgehead atoms. The van der Waals surface area contributed by atoms with E-state index in [1.165, 1.54) is 16.7 Å². The average Bonchev–Trinajstić information content (AvgIpc) is 3.18. The third-order valence-corrected chi connectivity index (χ3v) is 7.53. The van der Waals surface area contributed by atoms with Gasteiger partial charge in [0.15, 0.2) is 0 Å². The van der Waals surface area contributed by atoms with Crippen LogP contribution >= 0.6 is 0 Å². The molecular formula is C25H30N2O2. The van der Waals surface area contributed by atoms with Crippen molar-refractivity contribution in [2.45, 2.75) is 43.4 Å². The highest BCUT2D eigenvalue weighted by molar-refractivity contribution is 5.82. The number of nitrogens with zero attached hydrogens (tertiary/aromatic N) is 1. The van der Waals surface area contributed by atoms with Gasteiger partial charge in [0.05, 0.1) is 5.92 Å². The maximum absolute atomic E-state index is 13.6. The molecule has 0 aromatic heterocycles. The molecule has 2 atom stereocenters. The van der Waals surface area contributed by atoms with Gasteiger partial charge in [0.1, 0.15) is 5.75 Å². The number of phenols is 1. The van der Waals surface area contributed by atoms with E-state index in [4.69, 9.17) is 0 Å². The van der Waals surface area contributed by atoms with Gasteiger partial charge >= 0.3 is 0 Å². The van der Waals surface area contributed by atoms with E-state index in [0.717, 1.165) is 58.3 Å². The summed E-state index contributed by atoms with van der Waals surface area (Å²) in [4.78, 5) is 15.7. The van der Waals surface area contributed by atoms with Crippen molar-refractivity contribution in [3.63, 3.8) is 0 Å². The maximum Gasteiger partial charge on any atom is 0.227 e. The maximum atomic E-state index is 13.6. The highest BCUT2D eigenvalue weighted by atomic mass is 16.3. The van der Waals surface area contributed by atoms with Gasteiger partial charge in [0.25, 0.3) is 0 Å². The number of fused-ring (bicyclic) bond motifs is 2. The lowest BCUT2D eigenvalue weighted by Gasteiger charge is -2.42. The average molecular weight is 391 g/mol. The summed E-state index contributed by atoms with van der Waals surface area (Å²) in [6.45, 7) is 3.33. The van der Waals surface area contributed by atoms with Crippen LogP contribution in [-0.2, 0) is 16.6 Å². The molecule has 1 amide bonds.